The van der Waals surface area contributed by atoms with E-state index in [1.807, 2.05) is 0 Å². The van der Waals surface area contributed by atoms with Crippen molar-refractivity contribution in [2.24, 2.45) is 5.73 Å². The summed E-state index contributed by atoms with van der Waals surface area (Å²) in [6.45, 7) is -1.01. The zero-order valence-electron chi connectivity index (χ0n) is 18.2. The second kappa shape index (κ2) is 14.3. The van der Waals surface area contributed by atoms with Crippen LogP contribution in [0.3, 0.4) is 0 Å². The summed E-state index contributed by atoms with van der Waals surface area (Å²) in [7, 11) is 3.17. The van der Waals surface area contributed by atoms with Crippen molar-refractivity contribution < 1.29 is 27.5 Å². The van der Waals surface area contributed by atoms with Crippen LogP contribution in [0.4, 0.5) is 23.8 Å². The molecule has 0 bridgehead atoms. The third-order valence-electron chi connectivity index (χ3n) is 4.21. The molecule has 1 unspecified atom stereocenters. The molecule has 33 heavy (non-hydrogen) atoms. The molecule has 1 saturated heterocycles. The topological polar surface area (TPSA) is 110 Å². The van der Waals surface area contributed by atoms with Crippen LogP contribution in [0.1, 0.15) is 11.6 Å². The van der Waals surface area contributed by atoms with Crippen molar-refractivity contribution in [3.63, 3.8) is 0 Å². The van der Waals surface area contributed by atoms with Gasteiger partial charge in [-0.1, -0.05) is 23.7 Å². The Morgan fingerprint density at radius 2 is 2.06 bits per heavy atom. The van der Waals surface area contributed by atoms with Crippen molar-refractivity contribution in [1.82, 2.24) is 15.2 Å². The van der Waals surface area contributed by atoms with Gasteiger partial charge in [0.1, 0.15) is 17.9 Å². The van der Waals surface area contributed by atoms with Crippen molar-refractivity contribution in [2.45, 2.75) is 12.0 Å². The number of nitrogens with one attached hydrogen (secondary N) is 2. The minimum atomic E-state index is -2.96. The smallest absolute Gasteiger partial charge is 0.318 e. The molecular weight excluding hydrogens is 463 g/mol. The Hall–Kier alpha value is -2.89. The Morgan fingerprint density at radius 3 is 2.58 bits per heavy atom. The van der Waals surface area contributed by atoms with Crippen LogP contribution in [-0.2, 0) is 9.53 Å². The van der Waals surface area contributed by atoms with E-state index in [1.54, 1.807) is 37.5 Å². The van der Waals surface area contributed by atoms with Gasteiger partial charge in [0.2, 0.25) is 0 Å². The number of alkyl halides is 2. The van der Waals surface area contributed by atoms with Gasteiger partial charge in [-0.05, 0) is 29.8 Å². The van der Waals surface area contributed by atoms with Gasteiger partial charge in [-0.3, -0.25) is 0 Å². The number of benzene rings is 1. The predicted octanol–water partition coefficient (Wildman–Crippen LogP) is 3.09. The Labute approximate surface area is 195 Å². The number of pyridine rings is 1. The largest absolute Gasteiger partial charge is 0.382 e. The van der Waals surface area contributed by atoms with Crippen LogP contribution in [0.2, 0.25) is 5.02 Å². The summed E-state index contributed by atoms with van der Waals surface area (Å²) < 4.78 is 44.4. The highest BCUT2D eigenvalue weighted by atomic mass is 35.5. The fourth-order valence-electron chi connectivity index (χ4n) is 2.69. The number of amides is 2. The van der Waals surface area contributed by atoms with Gasteiger partial charge in [0.25, 0.3) is 5.92 Å². The second-order valence-corrected chi connectivity index (χ2v) is 7.06. The van der Waals surface area contributed by atoms with Crippen molar-refractivity contribution in [3.8, 4) is 0 Å². The minimum Gasteiger partial charge on any atom is -0.382 e. The maximum absolute atomic E-state index is 13.6. The number of carbonyl (C=O) groups is 2. The van der Waals surface area contributed by atoms with Gasteiger partial charge in [-0.25, -0.2) is 22.9 Å². The average Bonchev–Trinajstić information content (AvgIpc) is 2.82. The summed E-state index contributed by atoms with van der Waals surface area (Å²) in [6, 6.07) is 8.39. The van der Waals surface area contributed by atoms with Gasteiger partial charge < -0.3 is 30.8 Å². The first-order chi connectivity index (χ1) is 15.7. The number of aromatic nitrogens is 1. The lowest BCUT2D eigenvalue weighted by Gasteiger charge is -2.38. The number of hydrogen-bond donors (Lipinski definition) is 3. The Morgan fingerprint density at radius 1 is 1.39 bits per heavy atom. The van der Waals surface area contributed by atoms with E-state index in [9.17, 15) is 18.0 Å². The molecule has 2 aromatic rings. The van der Waals surface area contributed by atoms with E-state index in [1.165, 1.54) is 19.2 Å². The molecule has 0 saturated carbocycles. The molecule has 0 radical (unpaired) electrons. The summed E-state index contributed by atoms with van der Waals surface area (Å²) in [6.07, 6.45) is 2.21. The maximum Gasteiger partial charge on any atom is 0.318 e. The molecule has 8 nitrogen and oxygen atoms in total. The molecule has 1 aliphatic rings. The van der Waals surface area contributed by atoms with E-state index >= 15 is 0 Å². The van der Waals surface area contributed by atoms with Crippen molar-refractivity contribution in [1.29, 1.82) is 0 Å². The van der Waals surface area contributed by atoms with Crippen LogP contribution in [-0.4, -0.2) is 68.5 Å². The highest BCUT2D eigenvalue weighted by Crippen LogP contribution is 2.28. The van der Waals surface area contributed by atoms with E-state index in [2.05, 4.69) is 21.4 Å². The van der Waals surface area contributed by atoms with Gasteiger partial charge in [0, 0.05) is 26.9 Å². The SMILES string of the molecule is CNc1cc(C(COC)N2CC(F)(F)CNC2=O)ccn1.Fc1ccccc1Cl.NCC=O. The molecule has 3 rings (SSSR count). The Balaban J connectivity index is 0.000000372. The standard InChI is InChI=1S/C13H18F2N4O2.C6H4ClF.C2H5NO/c1-16-11-5-9(3-4-17-11)10(6-21-2)19-8-13(14,15)7-18-12(19)20;7-5-3-1-2-4-6(5)8;3-1-2-4/h3-5,10H,6-8H2,1-2H3,(H,16,17)(H,18,20);1-4H;2H,1,3H2. The van der Waals surface area contributed by atoms with Crippen LogP contribution < -0.4 is 16.4 Å². The first-order valence-corrected chi connectivity index (χ1v) is 10.2. The quantitative estimate of drug-likeness (QED) is 0.538. The summed E-state index contributed by atoms with van der Waals surface area (Å²) in [5, 5.41) is 5.26. The van der Waals surface area contributed by atoms with Crippen molar-refractivity contribution in [3.05, 3.63) is 59.0 Å². The zero-order valence-corrected chi connectivity index (χ0v) is 19.0. The molecule has 1 aromatic heterocycles. The number of carbonyl (C=O) groups excluding carboxylic acids is 2. The lowest BCUT2D eigenvalue weighted by molar-refractivity contribution is -0.106. The number of nitrogens with zero attached hydrogens (tertiary/aromatic N) is 2. The van der Waals surface area contributed by atoms with Crippen molar-refractivity contribution >= 4 is 29.7 Å². The molecule has 1 aliphatic heterocycles. The van der Waals surface area contributed by atoms with E-state index < -0.39 is 31.1 Å². The Kier molecular flexibility index (Phi) is 12.2. The van der Waals surface area contributed by atoms with Crippen LogP contribution in [0.25, 0.3) is 0 Å². The first kappa shape index (κ1) is 28.1. The first-order valence-electron chi connectivity index (χ1n) is 9.77. The lowest BCUT2D eigenvalue weighted by Crippen LogP contribution is -2.58. The molecule has 1 aromatic carbocycles. The third kappa shape index (κ3) is 9.64. The highest BCUT2D eigenvalue weighted by molar-refractivity contribution is 6.30. The summed E-state index contributed by atoms with van der Waals surface area (Å²) in [5.41, 5.74) is 5.34. The van der Waals surface area contributed by atoms with E-state index in [0.29, 0.717) is 17.7 Å². The average molecular weight is 490 g/mol. The molecule has 4 N–H and O–H groups in total. The van der Waals surface area contributed by atoms with Gasteiger partial charge in [0.15, 0.2) is 0 Å². The van der Waals surface area contributed by atoms with Gasteiger partial charge in [-0.2, -0.15) is 0 Å². The maximum atomic E-state index is 13.6. The van der Waals surface area contributed by atoms with Crippen LogP contribution in [0.5, 0.6) is 0 Å². The predicted molar refractivity (Wildman–Crippen MR) is 120 cm³/mol. The van der Waals surface area contributed by atoms with E-state index in [4.69, 9.17) is 21.1 Å². The number of aldehydes is 1. The highest BCUT2D eigenvalue weighted by Gasteiger charge is 2.42. The molecule has 2 heterocycles. The monoisotopic (exact) mass is 489 g/mol. The Bertz CT molecular complexity index is 871. The molecular formula is C21H27ClF3N5O3. The molecule has 182 valence electrons. The summed E-state index contributed by atoms with van der Waals surface area (Å²) in [4.78, 5) is 26.1. The number of methoxy groups -OCH3 is 1. The number of halogens is 4. The summed E-state index contributed by atoms with van der Waals surface area (Å²) in [5.74, 6) is -2.73. The fourth-order valence-corrected chi connectivity index (χ4v) is 2.83. The van der Waals surface area contributed by atoms with Gasteiger partial charge >= 0.3 is 6.03 Å². The number of urea groups is 1. The van der Waals surface area contributed by atoms with E-state index in [0.717, 1.165) is 4.90 Å². The van der Waals surface area contributed by atoms with E-state index in [-0.39, 0.29) is 24.0 Å². The lowest BCUT2D eigenvalue weighted by atomic mass is 10.1. The molecule has 12 heteroatoms. The van der Waals surface area contributed by atoms with Crippen LogP contribution in [0.15, 0.2) is 42.6 Å². The second-order valence-electron chi connectivity index (χ2n) is 6.65. The van der Waals surface area contributed by atoms with Crippen LogP contribution >= 0.6 is 11.6 Å². The normalized spacial score (nSPS) is 15.1. The summed E-state index contributed by atoms with van der Waals surface area (Å²) >= 11 is 5.33. The number of ether oxygens (including phenoxy) is 1. The molecule has 1 atom stereocenters. The molecule has 2 amide bonds. The molecule has 1 fully saturated rings. The number of rotatable bonds is 6. The zero-order chi connectivity index (χ0) is 24.9. The molecule has 0 spiro atoms. The third-order valence-corrected chi connectivity index (χ3v) is 4.51. The van der Waals surface area contributed by atoms with Crippen molar-refractivity contribution in [2.75, 3.05) is 45.7 Å². The molecule has 0 aliphatic carbocycles. The number of hydrogen-bond acceptors (Lipinski definition) is 6. The minimum absolute atomic E-state index is 0.122. The fraction of sp³-hybridized carbons (Fsp3) is 0.381. The number of anilines is 1. The number of nitrogens with two attached hydrogens (primary N) is 1. The van der Waals surface area contributed by atoms with Gasteiger partial charge in [-0.15, -0.1) is 0 Å². The van der Waals surface area contributed by atoms with Crippen LogP contribution in [0, 0.1) is 5.82 Å². The van der Waals surface area contributed by atoms with Gasteiger partial charge in [0.05, 0.1) is 30.8 Å².